The van der Waals surface area contributed by atoms with E-state index in [1.807, 2.05) is 0 Å². The van der Waals surface area contributed by atoms with Crippen molar-refractivity contribution in [2.45, 2.75) is 174 Å². The van der Waals surface area contributed by atoms with Crippen LogP contribution in [0.2, 0.25) is 0 Å². The number of aliphatic hydroxyl groups excluding tert-OH is 2. The first-order valence-corrected chi connectivity index (χ1v) is 21.6. The van der Waals surface area contributed by atoms with E-state index in [4.69, 9.17) is 18.5 Å². The highest BCUT2D eigenvalue weighted by Gasteiger charge is 2.27. The van der Waals surface area contributed by atoms with Gasteiger partial charge in [0, 0.05) is 12.8 Å². The second kappa shape index (κ2) is 37.3. The summed E-state index contributed by atoms with van der Waals surface area (Å²) >= 11 is 0. The molecule has 3 atom stereocenters. The standard InChI is InChI=1S/C41H73O10P/c1-3-5-7-9-11-13-15-17-18-19-21-23-25-27-29-31-33-41(45)51-39(35-43)37-49-52(46,47)48-36-38(34-42)50-40(44)32-30-28-26-24-22-20-16-14-12-10-8-6-4-2/h6,8,12,14,18-20,22,38-39,42-43H,3-5,7,9-11,13,15-17,21,23-37H2,1-2H3,(H,46,47)/b8-6-,14-12-,19-18-,22-20-. The summed E-state index contributed by atoms with van der Waals surface area (Å²) in [4.78, 5) is 34.4. The molecule has 0 rings (SSSR count). The van der Waals surface area contributed by atoms with Crippen LogP contribution in [-0.2, 0) is 32.7 Å². The molecule has 11 heteroatoms. The van der Waals surface area contributed by atoms with E-state index in [9.17, 15) is 29.3 Å². The molecule has 0 saturated carbocycles. The quantitative estimate of drug-likeness (QED) is 0.0242. The summed E-state index contributed by atoms with van der Waals surface area (Å²) in [6.45, 7) is 2.03. The van der Waals surface area contributed by atoms with E-state index in [2.05, 4.69) is 62.5 Å². The van der Waals surface area contributed by atoms with E-state index in [1.54, 1.807) is 0 Å². The van der Waals surface area contributed by atoms with Crippen LogP contribution in [0.3, 0.4) is 0 Å². The van der Waals surface area contributed by atoms with E-state index >= 15 is 0 Å². The lowest BCUT2D eigenvalue weighted by Crippen LogP contribution is -2.28. The van der Waals surface area contributed by atoms with Crippen molar-refractivity contribution >= 4 is 19.8 Å². The molecule has 0 bridgehead atoms. The van der Waals surface area contributed by atoms with Gasteiger partial charge in [0.25, 0.3) is 0 Å². The topological polar surface area (TPSA) is 149 Å². The molecule has 3 N–H and O–H groups in total. The van der Waals surface area contributed by atoms with Gasteiger partial charge in [-0.3, -0.25) is 18.6 Å². The number of esters is 2. The van der Waals surface area contributed by atoms with Gasteiger partial charge in [-0.1, -0.05) is 127 Å². The number of unbranched alkanes of at least 4 members (excludes halogenated alkanes) is 15. The Kier molecular flexibility index (Phi) is 35.8. The van der Waals surface area contributed by atoms with Gasteiger partial charge in [0.1, 0.15) is 12.2 Å². The van der Waals surface area contributed by atoms with Gasteiger partial charge in [-0.25, -0.2) is 4.57 Å². The maximum Gasteiger partial charge on any atom is 0.472 e. The van der Waals surface area contributed by atoms with Gasteiger partial charge in [-0.15, -0.1) is 0 Å². The molecular formula is C41H73O10P. The van der Waals surface area contributed by atoms with Crippen molar-refractivity contribution < 1.29 is 47.8 Å². The van der Waals surface area contributed by atoms with Crippen molar-refractivity contribution in [3.63, 3.8) is 0 Å². The first kappa shape index (κ1) is 49.9. The molecule has 10 nitrogen and oxygen atoms in total. The van der Waals surface area contributed by atoms with Crippen molar-refractivity contribution in [1.29, 1.82) is 0 Å². The van der Waals surface area contributed by atoms with Gasteiger partial charge in [0.15, 0.2) is 0 Å². The monoisotopic (exact) mass is 756 g/mol. The van der Waals surface area contributed by atoms with Crippen LogP contribution < -0.4 is 0 Å². The summed E-state index contributed by atoms with van der Waals surface area (Å²) in [5.41, 5.74) is 0. The van der Waals surface area contributed by atoms with E-state index in [0.717, 1.165) is 77.0 Å². The van der Waals surface area contributed by atoms with Crippen LogP contribution in [0.4, 0.5) is 0 Å². The molecule has 302 valence electrons. The average molecular weight is 757 g/mol. The first-order valence-electron chi connectivity index (χ1n) is 20.1. The van der Waals surface area contributed by atoms with Gasteiger partial charge in [0.2, 0.25) is 0 Å². The fourth-order valence-electron chi connectivity index (χ4n) is 5.18. The van der Waals surface area contributed by atoms with Crippen LogP contribution >= 0.6 is 7.82 Å². The van der Waals surface area contributed by atoms with Crippen molar-refractivity contribution in [2.75, 3.05) is 26.4 Å². The number of hydrogen-bond acceptors (Lipinski definition) is 9. The lowest BCUT2D eigenvalue weighted by Gasteiger charge is -2.20. The predicted octanol–water partition coefficient (Wildman–Crippen LogP) is 10.2. The number of allylic oxidation sites excluding steroid dienone is 8. The normalized spacial score (nSPS) is 14.5. The fraction of sp³-hybridized carbons (Fsp3) is 0.756. The van der Waals surface area contributed by atoms with E-state index in [1.165, 1.54) is 44.9 Å². The third kappa shape index (κ3) is 35.0. The van der Waals surface area contributed by atoms with Gasteiger partial charge in [0.05, 0.1) is 26.4 Å². The molecule has 0 spiro atoms. The smallest absolute Gasteiger partial charge is 0.457 e. The van der Waals surface area contributed by atoms with Crippen LogP contribution in [0.25, 0.3) is 0 Å². The van der Waals surface area contributed by atoms with E-state index in [-0.39, 0.29) is 12.8 Å². The first-order chi connectivity index (χ1) is 25.3. The zero-order valence-corrected chi connectivity index (χ0v) is 33.4. The van der Waals surface area contributed by atoms with Gasteiger partial charge >= 0.3 is 19.8 Å². The number of rotatable bonds is 37. The minimum Gasteiger partial charge on any atom is -0.457 e. The van der Waals surface area contributed by atoms with Crippen LogP contribution in [0.15, 0.2) is 48.6 Å². The maximum absolute atomic E-state index is 12.3. The zero-order chi connectivity index (χ0) is 38.4. The van der Waals surface area contributed by atoms with Gasteiger partial charge in [-0.05, 0) is 70.6 Å². The highest BCUT2D eigenvalue weighted by molar-refractivity contribution is 7.47. The molecule has 0 amide bonds. The summed E-state index contributed by atoms with van der Waals surface area (Å²) in [5.74, 6) is -1.06. The number of carbonyl (C=O) groups excluding carboxylic acids is 2. The fourth-order valence-corrected chi connectivity index (χ4v) is 5.97. The number of ether oxygens (including phenoxy) is 2. The molecule has 3 unspecified atom stereocenters. The Bertz CT molecular complexity index is 1010. The van der Waals surface area contributed by atoms with Crippen molar-refractivity contribution in [3.8, 4) is 0 Å². The van der Waals surface area contributed by atoms with Crippen LogP contribution in [0.5, 0.6) is 0 Å². The van der Waals surface area contributed by atoms with Crippen molar-refractivity contribution in [2.24, 2.45) is 0 Å². The number of carbonyl (C=O) groups is 2. The molecule has 0 aliphatic heterocycles. The number of hydrogen-bond donors (Lipinski definition) is 3. The molecule has 0 aliphatic rings. The number of aliphatic hydroxyl groups is 2. The minimum absolute atomic E-state index is 0.155. The van der Waals surface area contributed by atoms with E-state index in [0.29, 0.717) is 12.8 Å². The minimum atomic E-state index is -4.64. The molecule has 0 fully saturated rings. The van der Waals surface area contributed by atoms with Gasteiger partial charge in [-0.2, -0.15) is 0 Å². The van der Waals surface area contributed by atoms with Crippen molar-refractivity contribution in [3.05, 3.63) is 48.6 Å². The Labute approximate surface area is 315 Å². The zero-order valence-electron chi connectivity index (χ0n) is 32.5. The van der Waals surface area contributed by atoms with Crippen LogP contribution in [0, 0.1) is 0 Å². The Hall–Kier alpha value is -2.07. The maximum atomic E-state index is 12.3. The number of phosphoric acid groups is 1. The molecule has 0 heterocycles. The summed E-state index contributed by atoms with van der Waals surface area (Å²) < 4.78 is 32.4. The molecule has 0 aromatic carbocycles. The summed E-state index contributed by atoms with van der Waals surface area (Å²) in [7, 11) is -4.64. The molecule has 0 aromatic heterocycles. The summed E-state index contributed by atoms with van der Waals surface area (Å²) in [6, 6.07) is 0. The molecule has 0 aromatic rings. The third-order valence-electron chi connectivity index (χ3n) is 8.28. The van der Waals surface area contributed by atoms with Crippen LogP contribution in [0.1, 0.15) is 162 Å². The van der Waals surface area contributed by atoms with Gasteiger partial charge < -0.3 is 24.6 Å². The molecule has 0 radical (unpaired) electrons. The Morgan fingerprint density at radius 3 is 1.35 bits per heavy atom. The molecule has 52 heavy (non-hydrogen) atoms. The van der Waals surface area contributed by atoms with E-state index < -0.39 is 58.4 Å². The second-order valence-corrected chi connectivity index (χ2v) is 14.7. The highest BCUT2D eigenvalue weighted by Crippen LogP contribution is 2.43. The molecular weight excluding hydrogens is 683 g/mol. The average Bonchev–Trinajstić information content (AvgIpc) is 3.13. The SMILES string of the molecule is CC/C=C\C/C=C\C/C=C\CCCCCC(=O)OC(CO)COP(=O)(O)OCC(CO)OC(=O)CCCCCCC/C=C\CCCCCCCCC. The lowest BCUT2D eigenvalue weighted by atomic mass is 10.1. The molecule has 0 aliphatic carbocycles. The predicted molar refractivity (Wildman–Crippen MR) is 210 cm³/mol. The Morgan fingerprint density at radius 1 is 0.538 bits per heavy atom. The second-order valence-electron chi connectivity index (χ2n) is 13.2. The largest absolute Gasteiger partial charge is 0.472 e. The third-order valence-corrected chi connectivity index (χ3v) is 9.23. The van der Waals surface area contributed by atoms with Crippen LogP contribution in [-0.4, -0.2) is 65.7 Å². The Morgan fingerprint density at radius 2 is 0.904 bits per heavy atom. The summed E-state index contributed by atoms with van der Waals surface area (Å²) in [6.07, 6.45) is 38.0. The summed E-state index contributed by atoms with van der Waals surface area (Å²) in [5, 5.41) is 19.1. The Balaban J connectivity index is 4.00. The lowest BCUT2D eigenvalue weighted by molar-refractivity contribution is -0.153. The number of phosphoric ester groups is 1. The molecule has 0 saturated heterocycles. The van der Waals surface area contributed by atoms with Crippen molar-refractivity contribution in [1.82, 2.24) is 0 Å². The highest BCUT2D eigenvalue weighted by atomic mass is 31.2.